The second kappa shape index (κ2) is 7.26. The molecule has 122 valence electrons. The summed E-state index contributed by atoms with van der Waals surface area (Å²) in [6.07, 6.45) is 1.68. The fourth-order valence-electron chi connectivity index (χ4n) is 2.20. The second-order valence-corrected chi connectivity index (χ2v) is 6.30. The number of aromatic nitrogens is 1. The second-order valence-electron chi connectivity index (χ2n) is 5.04. The standard InChI is InChI=1S/C18H10ClN3O2S/c19-16-7-2-1-4-12(16)8-14(10-20)18-21-17(11-25-18)13-5-3-6-15(9-13)22(23)24/h1-9,11H/b14-8+. The van der Waals surface area contributed by atoms with E-state index in [9.17, 15) is 15.4 Å². The largest absolute Gasteiger partial charge is 0.270 e. The van der Waals surface area contributed by atoms with E-state index in [-0.39, 0.29) is 5.69 Å². The smallest absolute Gasteiger partial charge is 0.258 e. The Labute approximate surface area is 152 Å². The van der Waals surface area contributed by atoms with E-state index in [0.717, 1.165) is 5.56 Å². The van der Waals surface area contributed by atoms with E-state index in [1.54, 1.807) is 29.7 Å². The van der Waals surface area contributed by atoms with E-state index < -0.39 is 4.92 Å². The summed E-state index contributed by atoms with van der Waals surface area (Å²) in [6.45, 7) is 0. The Hall–Kier alpha value is -3.01. The van der Waals surface area contributed by atoms with Gasteiger partial charge in [-0.3, -0.25) is 10.1 Å². The summed E-state index contributed by atoms with van der Waals surface area (Å²) in [5, 5.41) is 23.2. The molecule has 25 heavy (non-hydrogen) atoms. The zero-order valence-electron chi connectivity index (χ0n) is 12.7. The molecule has 3 aromatic rings. The van der Waals surface area contributed by atoms with Crippen molar-refractivity contribution in [2.45, 2.75) is 0 Å². The summed E-state index contributed by atoms with van der Waals surface area (Å²) >= 11 is 7.43. The number of hydrogen-bond acceptors (Lipinski definition) is 5. The first-order valence-electron chi connectivity index (χ1n) is 7.15. The number of nitro benzene ring substituents is 1. The highest BCUT2D eigenvalue weighted by Crippen LogP contribution is 2.29. The maximum Gasteiger partial charge on any atom is 0.270 e. The fourth-order valence-corrected chi connectivity index (χ4v) is 3.18. The van der Waals surface area contributed by atoms with Crippen LogP contribution in [-0.4, -0.2) is 9.91 Å². The lowest BCUT2D eigenvalue weighted by atomic mass is 10.1. The van der Waals surface area contributed by atoms with Gasteiger partial charge in [0.15, 0.2) is 0 Å². The molecule has 0 radical (unpaired) electrons. The Morgan fingerprint density at radius 2 is 2.08 bits per heavy atom. The molecular formula is C18H10ClN3O2S. The molecule has 0 amide bonds. The Balaban J connectivity index is 1.98. The average molecular weight is 368 g/mol. The first-order valence-corrected chi connectivity index (χ1v) is 8.41. The Bertz CT molecular complexity index is 1020. The molecule has 5 nitrogen and oxygen atoms in total. The van der Waals surface area contributed by atoms with Gasteiger partial charge in [0, 0.05) is 28.1 Å². The lowest BCUT2D eigenvalue weighted by molar-refractivity contribution is -0.384. The van der Waals surface area contributed by atoms with Gasteiger partial charge in [0.1, 0.15) is 11.1 Å². The van der Waals surface area contributed by atoms with Crippen molar-refractivity contribution in [1.82, 2.24) is 4.98 Å². The van der Waals surface area contributed by atoms with Crippen LogP contribution in [0.25, 0.3) is 22.9 Å². The molecule has 3 rings (SSSR count). The molecule has 0 saturated carbocycles. The van der Waals surface area contributed by atoms with E-state index in [2.05, 4.69) is 11.1 Å². The van der Waals surface area contributed by atoms with Gasteiger partial charge in [-0.2, -0.15) is 5.26 Å². The summed E-state index contributed by atoms with van der Waals surface area (Å²) in [5.74, 6) is 0. The Morgan fingerprint density at radius 1 is 1.28 bits per heavy atom. The highest BCUT2D eigenvalue weighted by atomic mass is 35.5. The molecule has 0 bridgehead atoms. The minimum absolute atomic E-state index is 0.000772. The molecule has 0 atom stereocenters. The average Bonchev–Trinajstić information content (AvgIpc) is 3.11. The topological polar surface area (TPSA) is 79.8 Å². The van der Waals surface area contributed by atoms with Gasteiger partial charge in [-0.05, 0) is 17.7 Å². The lowest BCUT2D eigenvalue weighted by Crippen LogP contribution is -1.88. The van der Waals surface area contributed by atoms with Crippen LogP contribution in [0.3, 0.4) is 0 Å². The maximum atomic E-state index is 10.9. The molecule has 0 aliphatic rings. The molecule has 2 aromatic carbocycles. The summed E-state index contributed by atoms with van der Waals surface area (Å²) < 4.78 is 0. The minimum Gasteiger partial charge on any atom is -0.258 e. The van der Waals surface area contributed by atoms with E-state index >= 15 is 0 Å². The number of rotatable bonds is 4. The summed E-state index contributed by atoms with van der Waals surface area (Å²) in [5.41, 5.74) is 2.33. The highest BCUT2D eigenvalue weighted by molar-refractivity contribution is 7.11. The van der Waals surface area contributed by atoms with Gasteiger partial charge < -0.3 is 0 Å². The number of nitriles is 1. The van der Waals surface area contributed by atoms with Crippen molar-refractivity contribution in [3.05, 3.63) is 79.6 Å². The van der Waals surface area contributed by atoms with Crippen LogP contribution < -0.4 is 0 Å². The predicted molar refractivity (Wildman–Crippen MR) is 99.1 cm³/mol. The third-order valence-corrected chi connectivity index (χ3v) is 4.63. The molecule has 0 aliphatic heterocycles. The monoisotopic (exact) mass is 367 g/mol. The van der Waals surface area contributed by atoms with Gasteiger partial charge in [0.25, 0.3) is 5.69 Å². The van der Waals surface area contributed by atoms with Crippen LogP contribution in [0.5, 0.6) is 0 Å². The molecule has 0 aliphatic carbocycles. The quantitative estimate of drug-likeness (QED) is 0.349. The maximum absolute atomic E-state index is 10.9. The molecular weight excluding hydrogens is 358 g/mol. The number of allylic oxidation sites excluding steroid dienone is 1. The molecule has 0 fully saturated rings. The Morgan fingerprint density at radius 3 is 2.80 bits per heavy atom. The summed E-state index contributed by atoms with van der Waals surface area (Å²) in [4.78, 5) is 14.9. The van der Waals surface area contributed by atoms with Crippen molar-refractivity contribution in [3.63, 3.8) is 0 Å². The van der Waals surface area contributed by atoms with Crippen LogP contribution in [0, 0.1) is 21.4 Å². The van der Waals surface area contributed by atoms with Crippen LogP contribution in [-0.2, 0) is 0 Å². The van der Waals surface area contributed by atoms with Crippen molar-refractivity contribution in [2.75, 3.05) is 0 Å². The van der Waals surface area contributed by atoms with E-state index in [0.29, 0.717) is 26.9 Å². The number of benzene rings is 2. The van der Waals surface area contributed by atoms with Gasteiger partial charge >= 0.3 is 0 Å². The number of halogens is 1. The molecule has 7 heteroatoms. The van der Waals surface area contributed by atoms with E-state index in [1.165, 1.54) is 23.5 Å². The fraction of sp³-hybridized carbons (Fsp3) is 0. The van der Waals surface area contributed by atoms with Crippen LogP contribution in [0.2, 0.25) is 5.02 Å². The van der Waals surface area contributed by atoms with E-state index in [1.807, 2.05) is 18.2 Å². The van der Waals surface area contributed by atoms with Gasteiger partial charge in [0.2, 0.25) is 0 Å². The SMILES string of the molecule is N#C/C(=C\c1ccccc1Cl)c1nc(-c2cccc([N+](=O)[O-])c2)cs1. The highest BCUT2D eigenvalue weighted by Gasteiger charge is 2.12. The number of thiazole rings is 1. The molecule has 1 heterocycles. The molecule has 0 N–H and O–H groups in total. The Kier molecular flexibility index (Phi) is 4.89. The van der Waals surface area contributed by atoms with Crippen LogP contribution in [0.1, 0.15) is 10.6 Å². The third kappa shape index (κ3) is 3.74. The first-order chi connectivity index (χ1) is 12.1. The molecule has 0 saturated heterocycles. The van der Waals surface area contributed by atoms with Gasteiger partial charge in [-0.1, -0.05) is 41.9 Å². The summed E-state index contributed by atoms with van der Waals surface area (Å²) in [6, 6.07) is 15.6. The zero-order valence-corrected chi connectivity index (χ0v) is 14.3. The minimum atomic E-state index is -0.450. The normalized spacial score (nSPS) is 11.1. The molecule has 0 unspecified atom stereocenters. The first kappa shape index (κ1) is 16.8. The van der Waals surface area contributed by atoms with Crippen molar-refractivity contribution in [1.29, 1.82) is 5.26 Å². The lowest BCUT2D eigenvalue weighted by Gasteiger charge is -1.99. The zero-order chi connectivity index (χ0) is 17.8. The molecule has 0 spiro atoms. The molecule has 1 aromatic heterocycles. The van der Waals surface area contributed by atoms with Crippen LogP contribution in [0.15, 0.2) is 53.9 Å². The number of nitrogens with zero attached hydrogens (tertiary/aromatic N) is 3. The van der Waals surface area contributed by atoms with Gasteiger partial charge in [-0.25, -0.2) is 4.98 Å². The van der Waals surface area contributed by atoms with Crippen molar-refractivity contribution >= 4 is 40.3 Å². The number of non-ortho nitro benzene ring substituents is 1. The van der Waals surface area contributed by atoms with Gasteiger partial charge in [-0.15, -0.1) is 11.3 Å². The van der Waals surface area contributed by atoms with Crippen LogP contribution in [0.4, 0.5) is 5.69 Å². The van der Waals surface area contributed by atoms with Crippen molar-refractivity contribution < 1.29 is 4.92 Å². The third-order valence-electron chi connectivity index (χ3n) is 3.41. The predicted octanol–water partition coefficient (Wildman–Crippen LogP) is 5.44. The summed E-state index contributed by atoms with van der Waals surface area (Å²) in [7, 11) is 0. The number of hydrogen-bond donors (Lipinski definition) is 0. The van der Waals surface area contributed by atoms with Crippen molar-refractivity contribution in [3.8, 4) is 17.3 Å². The number of nitro groups is 1. The van der Waals surface area contributed by atoms with E-state index in [4.69, 9.17) is 11.6 Å². The van der Waals surface area contributed by atoms with Crippen molar-refractivity contribution in [2.24, 2.45) is 0 Å². The van der Waals surface area contributed by atoms with Gasteiger partial charge in [0.05, 0.1) is 16.2 Å². The van der Waals surface area contributed by atoms with Crippen LogP contribution >= 0.6 is 22.9 Å².